The minimum Gasteiger partial charge on any atom is -0.370 e. The van der Waals surface area contributed by atoms with Crippen molar-refractivity contribution >= 4 is 21.7 Å². The number of nitrogens with zero attached hydrogens (tertiary/aromatic N) is 2. The molecule has 0 aliphatic carbocycles. The fraction of sp³-hybridized carbons (Fsp3) is 0.750. The van der Waals surface area contributed by atoms with E-state index in [2.05, 4.69) is 48.9 Å². The SMILES string of the molecule is CCCNc1nc(C(CC)(CC)OC)nc(CCC)c1Br. The molecule has 1 aromatic rings. The van der Waals surface area contributed by atoms with Crippen LogP contribution in [0.1, 0.15) is 64.9 Å². The molecular formula is C16H28BrN3O. The summed E-state index contributed by atoms with van der Waals surface area (Å²) in [6.45, 7) is 9.46. The van der Waals surface area contributed by atoms with E-state index in [1.807, 2.05) is 0 Å². The Labute approximate surface area is 137 Å². The maximum atomic E-state index is 5.79. The van der Waals surface area contributed by atoms with Crippen LogP contribution >= 0.6 is 15.9 Å². The van der Waals surface area contributed by atoms with Crippen LogP contribution in [0.4, 0.5) is 5.82 Å². The van der Waals surface area contributed by atoms with Crippen LogP contribution in [0.2, 0.25) is 0 Å². The first-order valence-electron chi connectivity index (χ1n) is 7.94. The summed E-state index contributed by atoms with van der Waals surface area (Å²) in [5, 5.41) is 3.39. The van der Waals surface area contributed by atoms with Crippen LogP contribution in [0.15, 0.2) is 4.47 Å². The summed E-state index contributed by atoms with van der Waals surface area (Å²) in [5.74, 6) is 1.67. The van der Waals surface area contributed by atoms with E-state index < -0.39 is 5.60 Å². The minimum absolute atomic E-state index is 0.397. The van der Waals surface area contributed by atoms with Crippen molar-refractivity contribution in [3.63, 3.8) is 0 Å². The van der Waals surface area contributed by atoms with Gasteiger partial charge in [0.2, 0.25) is 0 Å². The number of halogens is 1. The van der Waals surface area contributed by atoms with E-state index in [1.54, 1.807) is 7.11 Å². The van der Waals surface area contributed by atoms with Crippen molar-refractivity contribution in [2.24, 2.45) is 0 Å². The van der Waals surface area contributed by atoms with Gasteiger partial charge in [-0.15, -0.1) is 0 Å². The lowest BCUT2D eigenvalue weighted by atomic mass is 9.95. The number of nitrogens with one attached hydrogen (secondary N) is 1. The Hall–Kier alpha value is -0.680. The van der Waals surface area contributed by atoms with Crippen molar-refractivity contribution < 1.29 is 4.74 Å². The van der Waals surface area contributed by atoms with Gasteiger partial charge in [-0.2, -0.15) is 0 Å². The fourth-order valence-electron chi connectivity index (χ4n) is 2.41. The number of rotatable bonds is 9. The molecule has 0 fully saturated rings. The predicted octanol–water partition coefficient (Wildman–Crippen LogP) is 4.68. The van der Waals surface area contributed by atoms with Crippen molar-refractivity contribution in [3.05, 3.63) is 16.0 Å². The molecule has 0 atom stereocenters. The lowest BCUT2D eigenvalue weighted by Crippen LogP contribution is -2.30. The summed E-state index contributed by atoms with van der Waals surface area (Å²) in [6.07, 6.45) is 4.78. The number of methoxy groups -OCH3 is 1. The Bertz CT molecular complexity index is 439. The van der Waals surface area contributed by atoms with Crippen LogP contribution in [0, 0.1) is 0 Å². The highest BCUT2D eigenvalue weighted by atomic mass is 79.9. The maximum Gasteiger partial charge on any atom is 0.162 e. The largest absolute Gasteiger partial charge is 0.370 e. The molecule has 0 aromatic carbocycles. The van der Waals surface area contributed by atoms with Crippen LogP contribution < -0.4 is 5.32 Å². The van der Waals surface area contributed by atoms with Gasteiger partial charge in [0.15, 0.2) is 5.82 Å². The average Bonchev–Trinajstić information content (AvgIpc) is 2.51. The molecule has 0 radical (unpaired) electrons. The summed E-state index contributed by atoms with van der Waals surface area (Å²) in [5.41, 5.74) is 0.663. The molecule has 5 heteroatoms. The van der Waals surface area contributed by atoms with Crippen molar-refractivity contribution in [1.29, 1.82) is 0 Å². The molecule has 0 spiro atoms. The molecule has 0 aliphatic heterocycles. The highest BCUT2D eigenvalue weighted by Gasteiger charge is 2.32. The van der Waals surface area contributed by atoms with Crippen molar-refractivity contribution in [2.75, 3.05) is 19.0 Å². The Morgan fingerprint density at radius 1 is 1.10 bits per heavy atom. The van der Waals surface area contributed by atoms with Crippen LogP contribution in [0.5, 0.6) is 0 Å². The highest BCUT2D eigenvalue weighted by molar-refractivity contribution is 9.10. The lowest BCUT2D eigenvalue weighted by Gasteiger charge is -2.29. The quantitative estimate of drug-likeness (QED) is 0.697. The molecule has 1 N–H and O–H groups in total. The molecule has 0 unspecified atom stereocenters. The first-order valence-corrected chi connectivity index (χ1v) is 8.73. The van der Waals surface area contributed by atoms with Crippen LogP contribution in [-0.4, -0.2) is 23.6 Å². The number of aryl methyl sites for hydroxylation is 1. The van der Waals surface area contributed by atoms with Crippen molar-refractivity contribution in [3.8, 4) is 0 Å². The zero-order valence-corrected chi connectivity index (χ0v) is 15.5. The summed E-state index contributed by atoms with van der Waals surface area (Å²) in [7, 11) is 1.75. The molecule has 1 aromatic heterocycles. The predicted molar refractivity (Wildman–Crippen MR) is 91.8 cm³/mol. The topological polar surface area (TPSA) is 47.0 Å². The monoisotopic (exact) mass is 357 g/mol. The van der Waals surface area contributed by atoms with E-state index >= 15 is 0 Å². The van der Waals surface area contributed by atoms with Gasteiger partial charge >= 0.3 is 0 Å². The van der Waals surface area contributed by atoms with Gasteiger partial charge in [0, 0.05) is 13.7 Å². The summed E-state index contributed by atoms with van der Waals surface area (Å²) >= 11 is 3.65. The zero-order chi connectivity index (χ0) is 15.9. The van der Waals surface area contributed by atoms with Crippen LogP contribution in [0.3, 0.4) is 0 Å². The number of ether oxygens (including phenoxy) is 1. The molecule has 0 amide bonds. The molecule has 4 nitrogen and oxygen atoms in total. The van der Waals surface area contributed by atoms with Gasteiger partial charge in [0.1, 0.15) is 11.4 Å². The molecule has 0 bridgehead atoms. The minimum atomic E-state index is -0.397. The van der Waals surface area contributed by atoms with Gasteiger partial charge in [-0.05, 0) is 41.6 Å². The Balaban J connectivity index is 3.34. The number of hydrogen-bond acceptors (Lipinski definition) is 4. The normalized spacial score (nSPS) is 11.7. The van der Waals surface area contributed by atoms with Gasteiger partial charge in [0.05, 0.1) is 10.2 Å². The molecule has 120 valence electrons. The third-order valence-electron chi connectivity index (χ3n) is 3.89. The Kier molecular flexibility index (Phi) is 7.60. The molecule has 21 heavy (non-hydrogen) atoms. The first-order chi connectivity index (χ1) is 10.1. The van der Waals surface area contributed by atoms with Crippen molar-refractivity contribution in [2.45, 2.75) is 65.4 Å². The zero-order valence-electron chi connectivity index (χ0n) is 13.9. The van der Waals surface area contributed by atoms with Gasteiger partial charge in [-0.25, -0.2) is 9.97 Å². The average molecular weight is 358 g/mol. The summed E-state index contributed by atoms with van der Waals surface area (Å²) < 4.78 is 6.77. The van der Waals surface area contributed by atoms with Gasteiger partial charge in [0.25, 0.3) is 0 Å². The molecule has 0 aliphatic rings. The second-order valence-electron chi connectivity index (χ2n) is 5.24. The highest BCUT2D eigenvalue weighted by Crippen LogP contribution is 2.34. The van der Waals surface area contributed by atoms with E-state index in [-0.39, 0.29) is 0 Å². The van der Waals surface area contributed by atoms with Crippen molar-refractivity contribution in [1.82, 2.24) is 9.97 Å². The third kappa shape index (κ3) is 4.16. The second kappa shape index (κ2) is 8.69. The van der Waals surface area contributed by atoms with Crippen LogP contribution in [-0.2, 0) is 16.8 Å². The number of aromatic nitrogens is 2. The number of anilines is 1. The molecule has 0 saturated heterocycles. The van der Waals surface area contributed by atoms with E-state index in [4.69, 9.17) is 14.7 Å². The van der Waals surface area contributed by atoms with E-state index in [9.17, 15) is 0 Å². The molecule has 1 rings (SSSR count). The first kappa shape index (κ1) is 18.4. The Morgan fingerprint density at radius 3 is 2.24 bits per heavy atom. The maximum absolute atomic E-state index is 5.79. The molecule has 1 heterocycles. The fourth-order valence-corrected chi connectivity index (χ4v) is 2.92. The lowest BCUT2D eigenvalue weighted by molar-refractivity contribution is -0.0292. The standard InChI is InChI=1S/C16H28BrN3O/c1-6-10-12-13(17)14(18-11-7-2)20-15(19-12)16(8-3,9-4)21-5/h6-11H2,1-5H3,(H,18,19,20). The van der Waals surface area contributed by atoms with E-state index in [1.165, 1.54) is 0 Å². The van der Waals surface area contributed by atoms with Crippen LogP contribution in [0.25, 0.3) is 0 Å². The van der Waals surface area contributed by atoms with E-state index in [0.29, 0.717) is 0 Å². The molecule has 0 saturated carbocycles. The Morgan fingerprint density at radius 2 is 1.76 bits per heavy atom. The second-order valence-corrected chi connectivity index (χ2v) is 6.03. The number of hydrogen-bond donors (Lipinski definition) is 1. The smallest absolute Gasteiger partial charge is 0.162 e. The third-order valence-corrected chi connectivity index (χ3v) is 4.72. The summed E-state index contributed by atoms with van der Waals surface area (Å²) in [6, 6.07) is 0. The summed E-state index contributed by atoms with van der Waals surface area (Å²) in [4.78, 5) is 9.54. The van der Waals surface area contributed by atoms with Gasteiger partial charge in [-0.3, -0.25) is 0 Å². The van der Waals surface area contributed by atoms with Gasteiger partial charge in [-0.1, -0.05) is 34.1 Å². The van der Waals surface area contributed by atoms with Gasteiger partial charge < -0.3 is 10.1 Å². The van der Waals surface area contributed by atoms with E-state index in [0.717, 1.165) is 60.5 Å². The molecular weight excluding hydrogens is 330 g/mol.